The smallest absolute Gasteiger partial charge is 0.246 e. The van der Waals surface area contributed by atoms with Crippen LogP contribution < -0.4 is 20.7 Å². The number of thiazole rings is 1. The Morgan fingerprint density at radius 1 is 0.842 bits per heavy atom. The van der Waals surface area contributed by atoms with E-state index >= 15 is 0 Å². The topological polar surface area (TPSA) is 210 Å². The second kappa shape index (κ2) is 27.7. The molecule has 5 aromatic rings. The van der Waals surface area contributed by atoms with E-state index in [1.165, 1.54) is 16.2 Å². The summed E-state index contributed by atoms with van der Waals surface area (Å²) in [7, 11) is 1.73. The van der Waals surface area contributed by atoms with Gasteiger partial charge in [-0.05, 0) is 96.2 Å². The average molecular weight is 1100 g/mol. The zero-order valence-electron chi connectivity index (χ0n) is 44.1. The van der Waals surface area contributed by atoms with E-state index in [9.17, 15) is 19.2 Å². The number of carbonyl (C=O) groups excluding carboxylic acids is 4. The van der Waals surface area contributed by atoms with Crippen molar-refractivity contribution in [3.63, 3.8) is 0 Å². The number of amides is 3. The van der Waals surface area contributed by atoms with Gasteiger partial charge < -0.3 is 44.5 Å². The average Bonchev–Trinajstić information content (AvgIpc) is 4.27. The number of aryl methyl sites for hydroxylation is 2. The maximum absolute atomic E-state index is 14.2. The first-order chi connectivity index (χ1) is 36.9. The molecule has 3 aliphatic rings. The van der Waals surface area contributed by atoms with E-state index < -0.39 is 18.1 Å². The van der Waals surface area contributed by atoms with Crippen molar-refractivity contribution in [2.75, 3.05) is 79.6 Å². The molecule has 5 heterocycles. The molecule has 8 rings (SSSR count). The van der Waals surface area contributed by atoms with Crippen molar-refractivity contribution < 1.29 is 42.9 Å². The van der Waals surface area contributed by atoms with Gasteiger partial charge in [0.25, 0.3) is 0 Å². The van der Waals surface area contributed by atoms with Gasteiger partial charge in [0.15, 0.2) is 5.82 Å². The van der Waals surface area contributed by atoms with Crippen LogP contribution >= 0.6 is 34.3 Å². The van der Waals surface area contributed by atoms with E-state index in [0.29, 0.717) is 93.8 Å². The van der Waals surface area contributed by atoms with E-state index in [-0.39, 0.29) is 48.5 Å². The molecule has 0 radical (unpaired) electrons. The predicted molar refractivity (Wildman–Crippen MR) is 292 cm³/mol. The molecule has 3 amide bonds. The number of hydrogen-bond donors (Lipinski definition) is 3. The van der Waals surface area contributed by atoms with Crippen LogP contribution in [0.3, 0.4) is 0 Å². The number of halogens is 1. The number of aliphatic imine (C=N–C) groups is 1. The van der Waals surface area contributed by atoms with Crippen molar-refractivity contribution in [2.45, 2.75) is 103 Å². The van der Waals surface area contributed by atoms with Crippen molar-refractivity contribution in [3.8, 4) is 10.8 Å². The second-order valence-electron chi connectivity index (χ2n) is 19.3. The molecular weight excluding hydrogens is 1030 g/mol. The fourth-order valence-corrected chi connectivity index (χ4v) is 12.1. The summed E-state index contributed by atoms with van der Waals surface area (Å²) in [6.07, 6.45) is 6.73. The molecule has 2 aliphatic heterocycles. The second-order valence-corrected chi connectivity index (χ2v) is 21.8. The molecule has 76 heavy (non-hydrogen) atoms. The lowest BCUT2D eigenvalue weighted by atomic mass is 9.83. The third kappa shape index (κ3) is 14.4. The van der Waals surface area contributed by atoms with Crippen LogP contribution in [-0.2, 0) is 33.3 Å². The summed E-state index contributed by atoms with van der Waals surface area (Å²) in [6.45, 7) is 12.1. The summed E-state index contributed by atoms with van der Waals surface area (Å²) in [4.78, 5) is 67.1. The Kier molecular flexibility index (Phi) is 20.7. The summed E-state index contributed by atoms with van der Waals surface area (Å²) in [5.41, 5.74) is 4.63. The van der Waals surface area contributed by atoms with Crippen LogP contribution in [0.25, 0.3) is 5.00 Å². The number of nitrogens with zero attached hydrogens (tertiary/aromatic N) is 6. The van der Waals surface area contributed by atoms with Crippen LogP contribution in [0.15, 0.2) is 58.9 Å². The molecular formula is C55H70ClN9O9S2. The minimum Gasteiger partial charge on any atom is -0.491 e. The van der Waals surface area contributed by atoms with E-state index in [1.54, 1.807) is 55.0 Å². The SMILES string of the molecule is CNC(C)C(=O)NC(C(=O)N1CCCC1c1nc(C(=O)c2cccc(OCCOCCOCCOCCOCCNC(=O)CC3N=C(c4ccc(Cl)cc4)c4c(sc(C)c4C)-n4c(C)nnc43)c2)cs1)C1CCCCC1. The molecule has 4 atom stereocenters. The lowest BCUT2D eigenvalue weighted by molar-refractivity contribution is -0.139. The molecule has 18 nitrogen and oxygen atoms in total. The normalized spacial score (nSPS) is 17.3. The van der Waals surface area contributed by atoms with Crippen molar-refractivity contribution in [1.29, 1.82) is 0 Å². The maximum Gasteiger partial charge on any atom is 0.246 e. The number of carbonyl (C=O) groups is 4. The summed E-state index contributed by atoms with van der Waals surface area (Å²) in [5.74, 6) is 1.36. The van der Waals surface area contributed by atoms with Crippen LogP contribution in [0.5, 0.6) is 5.75 Å². The van der Waals surface area contributed by atoms with E-state index in [2.05, 4.69) is 40.0 Å². The Morgan fingerprint density at radius 3 is 2.25 bits per heavy atom. The maximum atomic E-state index is 14.2. The van der Waals surface area contributed by atoms with Gasteiger partial charge in [0.05, 0.1) is 77.1 Å². The summed E-state index contributed by atoms with van der Waals surface area (Å²) in [6, 6.07) is 12.8. The summed E-state index contributed by atoms with van der Waals surface area (Å²) in [5, 5.41) is 22.0. The standard InChI is InChI=1S/C55H70ClN9O9S2/c1-34-36(3)76-55-47(34)48(39-16-18-41(56)19-17-39)59-43(51-63-62-37(4)65(51)55)32-46(66)58-20-22-70-23-24-71-25-26-72-27-28-73-29-30-74-42-14-9-13-40(31-42)50(67)44-33-75-53(60-44)45-15-10-21-64(45)54(69)49(38-11-7-6-8-12-38)61-52(68)35(2)57-5/h9,13-14,16-19,31,33,35,38,43,45,49,57H,6-8,10-12,15,20-30,32H2,1-5H3,(H,58,66)(H,61,68). The monoisotopic (exact) mass is 1100 g/mol. The molecule has 21 heteroatoms. The Labute approximate surface area is 457 Å². The van der Waals surface area contributed by atoms with Crippen molar-refractivity contribution in [3.05, 3.63) is 108 Å². The number of hydrogen-bond acceptors (Lipinski definition) is 16. The van der Waals surface area contributed by atoms with Gasteiger partial charge in [-0.1, -0.05) is 55.1 Å². The van der Waals surface area contributed by atoms with Gasteiger partial charge in [-0.2, -0.15) is 0 Å². The highest BCUT2D eigenvalue weighted by atomic mass is 35.5. The zero-order valence-corrected chi connectivity index (χ0v) is 46.5. The molecule has 0 spiro atoms. The van der Waals surface area contributed by atoms with Gasteiger partial charge in [0.2, 0.25) is 23.5 Å². The van der Waals surface area contributed by atoms with E-state index in [1.807, 2.05) is 40.7 Å². The number of ether oxygens (including phenoxy) is 5. The molecule has 2 fully saturated rings. The van der Waals surface area contributed by atoms with Crippen molar-refractivity contribution in [2.24, 2.45) is 10.9 Å². The molecule has 3 N–H and O–H groups in total. The number of likely N-dealkylation sites (N-methyl/N-ethyl adjacent to an activating group) is 1. The zero-order chi connectivity index (χ0) is 53.6. The van der Waals surface area contributed by atoms with E-state index in [0.717, 1.165) is 83.2 Å². The van der Waals surface area contributed by atoms with Gasteiger partial charge in [-0.3, -0.25) is 28.7 Å². The van der Waals surface area contributed by atoms with Crippen LogP contribution in [0.4, 0.5) is 0 Å². The molecule has 1 aliphatic carbocycles. The van der Waals surface area contributed by atoms with Gasteiger partial charge >= 0.3 is 0 Å². The largest absolute Gasteiger partial charge is 0.491 e. The molecule has 4 unspecified atom stereocenters. The van der Waals surface area contributed by atoms with Gasteiger partial charge in [-0.25, -0.2) is 4.98 Å². The summed E-state index contributed by atoms with van der Waals surface area (Å²) < 4.78 is 30.6. The highest BCUT2D eigenvalue weighted by molar-refractivity contribution is 7.15. The van der Waals surface area contributed by atoms with E-state index in [4.69, 9.17) is 45.3 Å². The molecule has 2 aromatic carbocycles. The van der Waals surface area contributed by atoms with Crippen LogP contribution in [0, 0.1) is 26.7 Å². The molecule has 408 valence electrons. The Morgan fingerprint density at radius 2 is 1.54 bits per heavy atom. The van der Waals surface area contributed by atoms with Crippen LogP contribution in [-0.4, -0.2) is 146 Å². The lowest BCUT2D eigenvalue weighted by Crippen LogP contribution is -2.55. The highest BCUT2D eigenvalue weighted by Crippen LogP contribution is 2.40. The van der Waals surface area contributed by atoms with Crippen LogP contribution in [0.2, 0.25) is 5.02 Å². The Balaban J connectivity index is 0.679. The molecule has 1 saturated heterocycles. The number of benzene rings is 2. The van der Waals surface area contributed by atoms with Gasteiger partial charge in [0.1, 0.15) is 46.0 Å². The third-order valence-electron chi connectivity index (χ3n) is 14.1. The Hall–Kier alpha value is -5.45. The first-order valence-corrected chi connectivity index (χ1v) is 28.4. The van der Waals surface area contributed by atoms with Gasteiger partial charge in [0, 0.05) is 45.1 Å². The first kappa shape index (κ1) is 56.7. The molecule has 0 bridgehead atoms. The van der Waals surface area contributed by atoms with Crippen molar-refractivity contribution in [1.82, 2.24) is 40.6 Å². The van der Waals surface area contributed by atoms with Crippen LogP contribution in [0.1, 0.15) is 125 Å². The van der Waals surface area contributed by atoms with Gasteiger partial charge in [-0.15, -0.1) is 32.9 Å². The highest BCUT2D eigenvalue weighted by Gasteiger charge is 2.40. The third-order valence-corrected chi connectivity index (χ3v) is 16.5. The minimum absolute atomic E-state index is 0.0623. The number of thiophene rings is 1. The number of likely N-dealkylation sites (tertiary alicyclic amines) is 1. The fraction of sp³-hybridized carbons (Fsp3) is 0.527. The number of fused-ring (bicyclic) bond motifs is 3. The predicted octanol–water partition coefficient (Wildman–Crippen LogP) is 7.48. The Bertz CT molecular complexity index is 2790. The quantitative estimate of drug-likeness (QED) is 0.0345. The number of nitrogens with one attached hydrogen (secondary N) is 3. The number of aromatic nitrogens is 4. The lowest BCUT2D eigenvalue weighted by Gasteiger charge is -2.35. The fourth-order valence-electron chi connectivity index (χ4n) is 9.77. The first-order valence-electron chi connectivity index (χ1n) is 26.4. The molecule has 3 aromatic heterocycles. The minimum atomic E-state index is -0.585. The molecule has 1 saturated carbocycles. The van der Waals surface area contributed by atoms with Crippen molar-refractivity contribution >= 4 is 63.5 Å². The summed E-state index contributed by atoms with van der Waals surface area (Å²) >= 11 is 9.29. The number of ketones is 1. The number of rotatable bonds is 27.